The lowest BCUT2D eigenvalue weighted by atomic mass is 9.64. The van der Waals surface area contributed by atoms with Crippen LogP contribution in [0.4, 0.5) is 0 Å². The summed E-state index contributed by atoms with van der Waals surface area (Å²) in [6, 6.07) is 1.43. The van der Waals surface area contributed by atoms with E-state index >= 15 is 0 Å². The Kier molecular flexibility index (Phi) is 5.08. The maximum Gasteiger partial charge on any atom is 0.0655 e. The molecule has 0 aliphatic heterocycles. The SMILES string of the molecule is CCOC1CC(NC2CCCCCCC2)C1(C)C. The molecular formula is C16H31NO. The third kappa shape index (κ3) is 3.27. The van der Waals surface area contributed by atoms with Gasteiger partial charge in [-0.1, -0.05) is 46.0 Å². The molecule has 0 bridgehead atoms. The molecule has 0 heterocycles. The van der Waals surface area contributed by atoms with Gasteiger partial charge in [0.25, 0.3) is 0 Å². The average Bonchev–Trinajstić information content (AvgIpc) is 2.30. The summed E-state index contributed by atoms with van der Waals surface area (Å²) >= 11 is 0. The Hall–Kier alpha value is -0.0800. The van der Waals surface area contributed by atoms with Crippen molar-refractivity contribution in [2.75, 3.05) is 6.61 Å². The molecule has 18 heavy (non-hydrogen) atoms. The zero-order chi connectivity index (χ0) is 13.0. The van der Waals surface area contributed by atoms with E-state index in [2.05, 4.69) is 26.1 Å². The van der Waals surface area contributed by atoms with Gasteiger partial charge < -0.3 is 10.1 Å². The largest absolute Gasteiger partial charge is 0.378 e. The van der Waals surface area contributed by atoms with Gasteiger partial charge in [0.15, 0.2) is 0 Å². The fourth-order valence-corrected chi connectivity index (χ4v) is 3.56. The molecule has 0 aromatic heterocycles. The summed E-state index contributed by atoms with van der Waals surface area (Å²) < 4.78 is 5.82. The summed E-state index contributed by atoms with van der Waals surface area (Å²) in [5.41, 5.74) is 0.318. The third-order valence-corrected chi connectivity index (χ3v) is 5.09. The van der Waals surface area contributed by atoms with Crippen molar-refractivity contribution < 1.29 is 4.74 Å². The van der Waals surface area contributed by atoms with E-state index in [1.165, 1.54) is 51.4 Å². The molecule has 2 aliphatic rings. The van der Waals surface area contributed by atoms with Crippen LogP contribution in [0, 0.1) is 5.41 Å². The minimum Gasteiger partial charge on any atom is -0.378 e. The standard InChI is InChI=1S/C16H31NO/c1-4-18-15-12-14(16(15,2)3)17-13-10-8-6-5-7-9-11-13/h13-15,17H,4-12H2,1-3H3. The summed E-state index contributed by atoms with van der Waals surface area (Å²) in [5, 5.41) is 3.92. The van der Waals surface area contributed by atoms with Crippen molar-refractivity contribution >= 4 is 0 Å². The topological polar surface area (TPSA) is 21.3 Å². The molecule has 106 valence electrons. The summed E-state index contributed by atoms with van der Waals surface area (Å²) in [6.45, 7) is 7.67. The molecule has 2 fully saturated rings. The van der Waals surface area contributed by atoms with Crippen molar-refractivity contribution in [3.8, 4) is 0 Å². The molecule has 0 aromatic carbocycles. The lowest BCUT2D eigenvalue weighted by Gasteiger charge is -2.53. The summed E-state index contributed by atoms with van der Waals surface area (Å²) in [5.74, 6) is 0. The fourth-order valence-electron chi connectivity index (χ4n) is 3.56. The molecule has 2 nitrogen and oxygen atoms in total. The van der Waals surface area contributed by atoms with E-state index in [0.29, 0.717) is 17.6 Å². The van der Waals surface area contributed by atoms with Crippen LogP contribution in [0.15, 0.2) is 0 Å². The molecule has 2 aliphatic carbocycles. The van der Waals surface area contributed by atoms with Gasteiger partial charge in [0, 0.05) is 24.1 Å². The molecule has 0 spiro atoms. The highest BCUT2D eigenvalue weighted by Crippen LogP contribution is 2.43. The first-order valence-electron chi connectivity index (χ1n) is 8.02. The number of nitrogens with one attached hydrogen (secondary N) is 1. The van der Waals surface area contributed by atoms with E-state index in [0.717, 1.165) is 12.6 Å². The van der Waals surface area contributed by atoms with E-state index < -0.39 is 0 Å². The molecule has 0 saturated heterocycles. The molecule has 2 rings (SSSR count). The minimum absolute atomic E-state index is 0.318. The Morgan fingerprint density at radius 2 is 1.67 bits per heavy atom. The third-order valence-electron chi connectivity index (χ3n) is 5.09. The summed E-state index contributed by atoms with van der Waals surface area (Å²) in [7, 11) is 0. The van der Waals surface area contributed by atoms with Crippen LogP contribution in [0.5, 0.6) is 0 Å². The van der Waals surface area contributed by atoms with Gasteiger partial charge in [0.05, 0.1) is 6.10 Å². The van der Waals surface area contributed by atoms with E-state index in [1.54, 1.807) is 0 Å². The average molecular weight is 253 g/mol. The highest BCUT2D eigenvalue weighted by atomic mass is 16.5. The predicted molar refractivity (Wildman–Crippen MR) is 76.8 cm³/mol. The lowest BCUT2D eigenvalue weighted by molar-refractivity contribution is -0.117. The second-order valence-electron chi connectivity index (χ2n) is 6.76. The summed E-state index contributed by atoms with van der Waals surface area (Å²) in [4.78, 5) is 0. The monoisotopic (exact) mass is 253 g/mol. The normalized spacial score (nSPS) is 33.5. The zero-order valence-corrected chi connectivity index (χ0v) is 12.5. The molecule has 0 amide bonds. The molecule has 2 atom stereocenters. The van der Waals surface area contributed by atoms with Gasteiger partial charge in [0.2, 0.25) is 0 Å². The van der Waals surface area contributed by atoms with E-state index in [9.17, 15) is 0 Å². The van der Waals surface area contributed by atoms with Crippen LogP contribution >= 0.6 is 0 Å². The number of hydrogen-bond acceptors (Lipinski definition) is 2. The Labute approximate surface area is 113 Å². The van der Waals surface area contributed by atoms with Crippen molar-refractivity contribution in [3.05, 3.63) is 0 Å². The van der Waals surface area contributed by atoms with Crippen LogP contribution in [0.25, 0.3) is 0 Å². The molecule has 1 N–H and O–H groups in total. The number of rotatable bonds is 4. The van der Waals surface area contributed by atoms with E-state index in [-0.39, 0.29) is 0 Å². The van der Waals surface area contributed by atoms with Crippen molar-refractivity contribution in [1.29, 1.82) is 0 Å². The second-order valence-corrected chi connectivity index (χ2v) is 6.76. The minimum atomic E-state index is 0.318. The smallest absolute Gasteiger partial charge is 0.0655 e. The lowest BCUT2D eigenvalue weighted by Crippen LogP contribution is -2.62. The van der Waals surface area contributed by atoms with Crippen molar-refractivity contribution in [2.24, 2.45) is 5.41 Å². The van der Waals surface area contributed by atoms with Gasteiger partial charge >= 0.3 is 0 Å². The van der Waals surface area contributed by atoms with Crippen LogP contribution in [-0.2, 0) is 4.74 Å². The molecule has 0 radical (unpaired) electrons. The maximum atomic E-state index is 5.82. The van der Waals surface area contributed by atoms with Gasteiger partial charge in [-0.15, -0.1) is 0 Å². The van der Waals surface area contributed by atoms with Crippen LogP contribution < -0.4 is 5.32 Å². The number of ether oxygens (including phenoxy) is 1. The molecular weight excluding hydrogens is 222 g/mol. The Morgan fingerprint density at radius 1 is 1.06 bits per heavy atom. The van der Waals surface area contributed by atoms with Gasteiger partial charge in [-0.05, 0) is 26.2 Å². The van der Waals surface area contributed by atoms with Crippen molar-refractivity contribution in [1.82, 2.24) is 5.32 Å². The second kappa shape index (κ2) is 6.38. The molecule has 0 aromatic rings. The van der Waals surface area contributed by atoms with Crippen molar-refractivity contribution in [2.45, 2.75) is 90.3 Å². The van der Waals surface area contributed by atoms with Crippen LogP contribution in [0.1, 0.15) is 72.1 Å². The Balaban J connectivity index is 1.79. The molecule has 2 heteroatoms. The van der Waals surface area contributed by atoms with Crippen molar-refractivity contribution in [3.63, 3.8) is 0 Å². The van der Waals surface area contributed by atoms with Crippen LogP contribution in [0.3, 0.4) is 0 Å². The van der Waals surface area contributed by atoms with Gasteiger partial charge in [-0.3, -0.25) is 0 Å². The fraction of sp³-hybridized carbons (Fsp3) is 1.00. The maximum absolute atomic E-state index is 5.82. The van der Waals surface area contributed by atoms with E-state index in [1.807, 2.05) is 0 Å². The van der Waals surface area contributed by atoms with Crippen LogP contribution in [-0.4, -0.2) is 24.8 Å². The number of hydrogen-bond donors (Lipinski definition) is 1. The molecule has 2 saturated carbocycles. The summed E-state index contributed by atoms with van der Waals surface area (Å²) in [6.07, 6.45) is 11.6. The first-order valence-corrected chi connectivity index (χ1v) is 8.02. The quantitative estimate of drug-likeness (QED) is 0.820. The molecule has 2 unspecified atom stereocenters. The zero-order valence-electron chi connectivity index (χ0n) is 12.5. The first-order chi connectivity index (χ1) is 8.64. The Morgan fingerprint density at radius 3 is 2.22 bits per heavy atom. The Bertz CT molecular complexity index is 243. The van der Waals surface area contributed by atoms with Crippen LogP contribution in [0.2, 0.25) is 0 Å². The predicted octanol–water partition coefficient (Wildman–Crippen LogP) is 3.89. The highest BCUT2D eigenvalue weighted by Gasteiger charge is 2.49. The van der Waals surface area contributed by atoms with Gasteiger partial charge in [0.1, 0.15) is 0 Å². The van der Waals surface area contributed by atoms with Gasteiger partial charge in [-0.25, -0.2) is 0 Å². The first kappa shape index (κ1) is 14.3. The van der Waals surface area contributed by atoms with E-state index in [4.69, 9.17) is 4.74 Å². The van der Waals surface area contributed by atoms with Gasteiger partial charge in [-0.2, -0.15) is 0 Å². The highest BCUT2D eigenvalue weighted by molar-refractivity contribution is 5.03.